The monoisotopic (exact) mass is 403 g/mol. The Labute approximate surface area is 166 Å². The van der Waals surface area contributed by atoms with Crippen molar-refractivity contribution in [2.45, 2.75) is 13.1 Å². The van der Waals surface area contributed by atoms with E-state index in [0.29, 0.717) is 49.8 Å². The van der Waals surface area contributed by atoms with Crippen LogP contribution in [0.4, 0.5) is 18.9 Å². The molecule has 0 spiro atoms. The number of hydrogen-bond acceptors (Lipinski definition) is 4. The summed E-state index contributed by atoms with van der Waals surface area (Å²) < 4.78 is 44.2. The molecule has 0 radical (unpaired) electrons. The molecule has 0 unspecified atom stereocenters. The fourth-order valence-corrected chi connectivity index (χ4v) is 3.32. The summed E-state index contributed by atoms with van der Waals surface area (Å²) >= 11 is 0. The van der Waals surface area contributed by atoms with Crippen molar-refractivity contribution in [1.29, 1.82) is 5.26 Å². The van der Waals surface area contributed by atoms with Crippen molar-refractivity contribution in [2.75, 3.05) is 37.7 Å². The van der Waals surface area contributed by atoms with Crippen molar-refractivity contribution in [3.8, 4) is 11.8 Å². The van der Waals surface area contributed by atoms with E-state index in [4.69, 9.17) is 4.74 Å². The van der Waals surface area contributed by atoms with Gasteiger partial charge in [-0.15, -0.1) is 0 Å². The van der Waals surface area contributed by atoms with Gasteiger partial charge in [-0.25, -0.2) is 0 Å². The fraction of sp³-hybridized carbons (Fsp3) is 0.333. The zero-order valence-corrected chi connectivity index (χ0v) is 15.9. The van der Waals surface area contributed by atoms with Crippen LogP contribution in [0.15, 0.2) is 42.5 Å². The number of halogens is 3. The molecular formula is C21H20F3N3O2. The molecule has 0 atom stereocenters. The number of benzene rings is 2. The lowest BCUT2D eigenvalue weighted by atomic mass is 10.1. The normalized spacial score (nSPS) is 14.4. The van der Waals surface area contributed by atoms with Gasteiger partial charge in [-0.3, -0.25) is 4.79 Å². The highest BCUT2D eigenvalue weighted by molar-refractivity contribution is 5.97. The summed E-state index contributed by atoms with van der Waals surface area (Å²) in [6, 6.07) is 12.0. The molecule has 29 heavy (non-hydrogen) atoms. The maximum atomic E-state index is 12.9. The van der Waals surface area contributed by atoms with Gasteiger partial charge in [-0.05, 0) is 37.3 Å². The van der Waals surface area contributed by atoms with Crippen LogP contribution in [0.3, 0.4) is 0 Å². The van der Waals surface area contributed by atoms with Crippen LogP contribution >= 0.6 is 0 Å². The first-order chi connectivity index (χ1) is 13.8. The molecule has 5 nitrogen and oxygen atoms in total. The first-order valence-corrected chi connectivity index (χ1v) is 9.22. The van der Waals surface area contributed by atoms with Crippen LogP contribution in [0.2, 0.25) is 0 Å². The molecule has 0 bridgehead atoms. The molecule has 0 saturated carbocycles. The van der Waals surface area contributed by atoms with Gasteiger partial charge < -0.3 is 14.5 Å². The third-order valence-electron chi connectivity index (χ3n) is 4.77. The Morgan fingerprint density at radius 1 is 1.14 bits per heavy atom. The minimum atomic E-state index is -4.50. The average Bonchev–Trinajstić information content (AvgIpc) is 2.73. The number of anilines is 1. The molecule has 0 N–H and O–H groups in total. The van der Waals surface area contributed by atoms with E-state index in [0.717, 1.165) is 12.1 Å². The van der Waals surface area contributed by atoms with Crippen molar-refractivity contribution in [2.24, 2.45) is 0 Å². The van der Waals surface area contributed by atoms with Gasteiger partial charge in [0.05, 0.1) is 29.0 Å². The summed E-state index contributed by atoms with van der Waals surface area (Å²) in [5, 5.41) is 9.29. The highest BCUT2D eigenvalue weighted by atomic mass is 19.4. The topological polar surface area (TPSA) is 56.6 Å². The number of rotatable bonds is 4. The van der Waals surface area contributed by atoms with Crippen molar-refractivity contribution in [3.05, 3.63) is 59.2 Å². The van der Waals surface area contributed by atoms with E-state index in [1.807, 2.05) is 17.9 Å². The number of carbonyl (C=O) groups excluding carboxylic acids is 1. The Morgan fingerprint density at radius 2 is 1.83 bits per heavy atom. The van der Waals surface area contributed by atoms with Crippen LogP contribution in [0.1, 0.15) is 28.4 Å². The summed E-state index contributed by atoms with van der Waals surface area (Å²) in [7, 11) is 0. The van der Waals surface area contributed by atoms with Crippen molar-refractivity contribution in [3.63, 3.8) is 0 Å². The van der Waals surface area contributed by atoms with Crippen molar-refractivity contribution >= 4 is 11.6 Å². The zero-order valence-electron chi connectivity index (χ0n) is 15.9. The Balaban J connectivity index is 1.73. The van der Waals surface area contributed by atoms with Gasteiger partial charge in [0.2, 0.25) is 0 Å². The number of alkyl halides is 3. The standard InChI is InChI=1S/C21H20F3N3O2/c1-2-29-19-6-4-3-5-17(19)20(28)27-11-9-26(10-12-27)18-8-7-16(21(22,23)24)13-15(18)14-25/h3-8,13H,2,9-12H2,1H3. The zero-order chi connectivity index (χ0) is 21.0. The predicted molar refractivity (Wildman–Crippen MR) is 102 cm³/mol. The largest absolute Gasteiger partial charge is 0.493 e. The Hall–Kier alpha value is -3.21. The van der Waals surface area contributed by atoms with E-state index in [1.54, 1.807) is 29.2 Å². The number of nitriles is 1. The van der Waals surface area contributed by atoms with E-state index >= 15 is 0 Å². The molecule has 0 aromatic heterocycles. The third kappa shape index (κ3) is 4.45. The van der Waals surface area contributed by atoms with Crippen LogP contribution in [0.5, 0.6) is 5.75 Å². The molecular weight excluding hydrogens is 383 g/mol. The van der Waals surface area contributed by atoms with E-state index in [2.05, 4.69) is 0 Å². The average molecular weight is 403 g/mol. The maximum absolute atomic E-state index is 12.9. The van der Waals surface area contributed by atoms with Crippen LogP contribution in [0.25, 0.3) is 0 Å². The SMILES string of the molecule is CCOc1ccccc1C(=O)N1CCN(c2ccc(C(F)(F)F)cc2C#N)CC1. The second-order valence-electron chi connectivity index (χ2n) is 6.55. The number of ether oxygens (including phenoxy) is 1. The first kappa shape index (κ1) is 20.5. The number of hydrogen-bond donors (Lipinski definition) is 0. The molecule has 8 heteroatoms. The molecule has 152 valence electrons. The summed E-state index contributed by atoms with van der Waals surface area (Å²) in [6.07, 6.45) is -4.50. The van der Waals surface area contributed by atoms with Gasteiger partial charge in [-0.2, -0.15) is 18.4 Å². The van der Waals surface area contributed by atoms with E-state index in [1.165, 1.54) is 6.07 Å². The Kier molecular flexibility index (Phi) is 5.97. The Morgan fingerprint density at radius 3 is 2.45 bits per heavy atom. The lowest BCUT2D eigenvalue weighted by Crippen LogP contribution is -2.49. The number of amides is 1. The maximum Gasteiger partial charge on any atom is 0.416 e. The minimum absolute atomic E-state index is 0.0266. The van der Waals surface area contributed by atoms with Crippen LogP contribution in [-0.4, -0.2) is 43.6 Å². The minimum Gasteiger partial charge on any atom is -0.493 e. The van der Waals surface area contributed by atoms with Gasteiger partial charge in [-0.1, -0.05) is 12.1 Å². The number of nitrogens with zero attached hydrogens (tertiary/aromatic N) is 3. The van der Waals surface area contributed by atoms with E-state index < -0.39 is 11.7 Å². The smallest absolute Gasteiger partial charge is 0.416 e. The van der Waals surface area contributed by atoms with E-state index in [-0.39, 0.29) is 11.5 Å². The molecule has 1 aliphatic heterocycles. The van der Waals surface area contributed by atoms with Crippen LogP contribution in [0, 0.1) is 11.3 Å². The molecule has 1 aliphatic rings. The van der Waals surface area contributed by atoms with Gasteiger partial charge in [0.15, 0.2) is 0 Å². The second kappa shape index (κ2) is 8.43. The predicted octanol–water partition coefficient (Wildman–Crippen LogP) is 3.94. The van der Waals surface area contributed by atoms with Crippen LogP contribution < -0.4 is 9.64 Å². The Bertz CT molecular complexity index is 929. The summed E-state index contributed by atoms with van der Waals surface area (Å²) in [4.78, 5) is 16.4. The molecule has 1 fully saturated rings. The van der Waals surface area contributed by atoms with Crippen molar-refractivity contribution < 1.29 is 22.7 Å². The molecule has 1 saturated heterocycles. The molecule has 0 aliphatic carbocycles. The lowest BCUT2D eigenvalue weighted by molar-refractivity contribution is -0.137. The first-order valence-electron chi connectivity index (χ1n) is 9.22. The quantitative estimate of drug-likeness (QED) is 0.776. The highest BCUT2D eigenvalue weighted by Gasteiger charge is 2.32. The molecule has 2 aromatic carbocycles. The van der Waals surface area contributed by atoms with Crippen LogP contribution in [-0.2, 0) is 6.18 Å². The summed E-state index contributed by atoms with van der Waals surface area (Å²) in [5.74, 6) is 0.374. The summed E-state index contributed by atoms with van der Waals surface area (Å²) in [6.45, 7) is 3.92. The van der Waals surface area contributed by atoms with Gasteiger partial charge in [0, 0.05) is 26.2 Å². The van der Waals surface area contributed by atoms with E-state index in [9.17, 15) is 23.2 Å². The number of para-hydroxylation sites is 1. The summed E-state index contributed by atoms with van der Waals surface area (Å²) in [5.41, 5.74) is 0.0535. The second-order valence-corrected chi connectivity index (χ2v) is 6.55. The lowest BCUT2D eigenvalue weighted by Gasteiger charge is -2.36. The molecule has 1 heterocycles. The fourth-order valence-electron chi connectivity index (χ4n) is 3.32. The molecule has 3 rings (SSSR count). The number of piperazine rings is 1. The highest BCUT2D eigenvalue weighted by Crippen LogP contribution is 2.33. The molecule has 2 aromatic rings. The van der Waals surface area contributed by atoms with Crippen molar-refractivity contribution in [1.82, 2.24) is 4.90 Å². The molecule has 1 amide bonds. The third-order valence-corrected chi connectivity index (χ3v) is 4.77. The number of carbonyl (C=O) groups is 1. The van der Waals surface area contributed by atoms with Gasteiger partial charge in [0.25, 0.3) is 5.91 Å². The van der Waals surface area contributed by atoms with Gasteiger partial charge in [0.1, 0.15) is 11.8 Å². The van der Waals surface area contributed by atoms with Gasteiger partial charge >= 0.3 is 6.18 Å².